The summed E-state index contributed by atoms with van der Waals surface area (Å²) in [5.74, 6) is 1.70. The number of benzene rings is 1. The molecule has 3 aliphatic rings. The molecule has 2 aliphatic heterocycles. The molecule has 2 saturated heterocycles. The van der Waals surface area contributed by atoms with Gasteiger partial charge in [-0.05, 0) is 37.3 Å². The summed E-state index contributed by atoms with van der Waals surface area (Å²) in [6.07, 6.45) is 2.91. The number of halogens is 1. The molecule has 0 bridgehead atoms. The third-order valence-corrected chi connectivity index (χ3v) is 7.65. The van der Waals surface area contributed by atoms with Crippen LogP contribution in [0.4, 0.5) is 5.69 Å². The molecule has 1 aromatic rings. The number of rotatable bonds is 5. The number of carbonyl (C=O) groups is 2. The van der Waals surface area contributed by atoms with E-state index in [2.05, 4.69) is 18.7 Å². The topological polar surface area (TPSA) is 43.9 Å². The molecule has 4 rings (SSSR count). The smallest absolute Gasteiger partial charge is 0.246 e. The summed E-state index contributed by atoms with van der Waals surface area (Å²) in [5.41, 5.74) is 1.03. The average molecular weight is 436 g/mol. The van der Waals surface area contributed by atoms with E-state index in [1.54, 1.807) is 11.8 Å². The lowest BCUT2D eigenvalue weighted by atomic mass is 10.1. The summed E-state index contributed by atoms with van der Waals surface area (Å²) >= 11 is 8.12. The Balaban J connectivity index is 1.42. The van der Waals surface area contributed by atoms with Gasteiger partial charge in [-0.15, -0.1) is 11.8 Å². The molecule has 0 aromatic heterocycles. The van der Waals surface area contributed by atoms with Gasteiger partial charge in [0.15, 0.2) is 0 Å². The highest BCUT2D eigenvalue weighted by Gasteiger charge is 2.47. The van der Waals surface area contributed by atoms with Crippen LogP contribution in [0.5, 0.6) is 0 Å². The number of nitrogens with zero attached hydrogens (tertiary/aromatic N) is 3. The number of para-hydroxylation sites is 1. The van der Waals surface area contributed by atoms with Crippen LogP contribution in [0, 0.1) is 11.8 Å². The first-order valence-corrected chi connectivity index (χ1v) is 12.1. The quantitative estimate of drug-likeness (QED) is 0.707. The van der Waals surface area contributed by atoms with Crippen LogP contribution in [0.15, 0.2) is 24.3 Å². The van der Waals surface area contributed by atoms with E-state index in [1.807, 2.05) is 34.1 Å². The predicted octanol–water partition coefficient (Wildman–Crippen LogP) is 3.71. The van der Waals surface area contributed by atoms with Crippen LogP contribution in [-0.2, 0) is 9.59 Å². The molecule has 158 valence electrons. The average Bonchev–Trinajstić information content (AvgIpc) is 3.48. The van der Waals surface area contributed by atoms with Crippen LogP contribution in [-0.4, -0.2) is 65.0 Å². The van der Waals surface area contributed by atoms with Gasteiger partial charge in [0.25, 0.3) is 0 Å². The Morgan fingerprint density at radius 3 is 2.41 bits per heavy atom. The van der Waals surface area contributed by atoms with Gasteiger partial charge in [-0.1, -0.05) is 37.6 Å². The number of anilines is 1. The van der Waals surface area contributed by atoms with Gasteiger partial charge in [-0.2, -0.15) is 0 Å². The minimum absolute atomic E-state index is 0.122. The Labute approximate surface area is 182 Å². The van der Waals surface area contributed by atoms with Crippen LogP contribution in [0.3, 0.4) is 0 Å². The van der Waals surface area contributed by atoms with E-state index in [9.17, 15) is 9.59 Å². The molecule has 1 aromatic carbocycles. The fourth-order valence-corrected chi connectivity index (χ4v) is 6.16. The lowest BCUT2D eigenvalue weighted by molar-refractivity contribution is -0.146. The number of hydrogen-bond acceptors (Lipinski definition) is 4. The first-order valence-electron chi connectivity index (χ1n) is 10.7. The van der Waals surface area contributed by atoms with E-state index in [0.29, 0.717) is 19.0 Å². The molecule has 5 nitrogen and oxygen atoms in total. The number of carbonyl (C=O) groups excluding carboxylic acids is 2. The SMILES string of the molecule is CC(C)CC1SCC(C(=O)N2CCN(c3ccccc3Cl)CC2)N1C(=O)C1CC1. The van der Waals surface area contributed by atoms with E-state index in [1.165, 1.54) is 0 Å². The fraction of sp³-hybridized carbons (Fsp3) is 0.636. The monoisotopic (exact) mass is 435 g/mol. The van der Waals surface area contributed by atoms with Crippen molar-refractivity contribution in [1.29, 1.82) is 0 Å². The minimum Gasteiger partial charge on any atom is -0.367 e. The van der Waals surface area contributed by atoms with Crippen molar-refractivity contribution in [3.63, 3.8) is 0 Å². The third-order valence-electron chi connectivity index (χ3n) is 6.02. The number of hydrogen-bond donors (Lipinski definition) is 0. The van der Waals surface area contributed by atoms with Crippen molar-refractivity contribution in [3.05, 3.63) is 29.3 Å². The molecule has 1 aliphatic carbocycles. The molecular weight excluding hydrogens is 406 g/mol. The lowest BCUT2D eigenvalue weighted by Gasteiger charge is -2.39. The first-order chi connectivity index (χ1) is 14.0. The predicted molar refractivity (Wildman–Crippen MR) is 119 cm³/mol. The second-order valence-corrected chi connectivity index (χ2v) is 10.3. The molecule has 2 atom stereocenters. The van der Waals surface area contributed by atoms with Gasteiger partial charge >= 0.3 is 0 Å². The van der Waals surface area contributed by atoms with E-state index >= 15 is 0 Å². The van der Waals surface area contributed by atoms with Crippen LogP contribution >= 0.6 is 23.4 Å². The zero-order chi connectivity index (χ0) is 20.5. The Kier molecular flexibility index (Phi) is 6.30. The van der Waals surface area contributed by atoms with Crippen LogP contribution in [0.1, 0.15) is 33.1 Å². The Morgan fingerprint density at radius 1 is 1.10 bits per heavy atom. The first kappa shape index (κ1) is 20.9. The Morgan fingerprint density at radius 2 is 1.79 bits per heavy atom. The van der Waals surface area contributed by atoms with E-state index in [0.717, 1.165) is 48.8 Å². The van der Waals surface area contributed by atoms with E-state index in [-0.39, 0.29) is 29.1 Å². The number of piperazine rings is 1. The van der Waals surface area contributed by atoms with Crippen LogP contribution in [0.2, 0.25) is 5.02 Å². The molecule has 2 heterocycles. The normalized spacial score (nSPS) is 25.0. The minimum atomic E-state index is -0.302. The molecule has 7 heteroatoms. The van der Waals surface area contributed by atoms with Crippen molar-refractivity contribution in [2.24, 2.45) is 11.8 Å². The van der Waals surface area contributed by atoms with Crippen molar-refractivity contribution in [1.82, 2.24) is 9.80 Å². The van der Waals surface area contributed by atoms with E-state index < -0.39 is 0 Å². The van der Waals surface area contributed by atoms with Crippen molar-refractivity contribution in [2.45, 2.75) is 44.5 Å². The molecule has 2 amide bonds. The molecule has 0 radical (unpaired) electrons. The van der Waals surface area contributed by atoms with Crippen molar-refractivity contribution in [2.75, 3.05) is 36.8 Å². The molecule has 0 N–H and O–H groups in total. The van der Waals surface area contributed by atoms with Gasteiger partial charge in [0.1, 0.15) is 6.04 Å². The maximum atomic E-state index is 13.4. The van der Waals surface area contributed by atoms with Gasteiger partial charge in [0.05, 0.1) is 16.1 Å². The number of amides is 2. The van der Waals surface area contributed by atoms with Crippen molar-refractivity contribution >= 4 is 40.9 Å². The Hall–Kier alpha value is -1.40. The molecule has 29 heavy (non-hydrogen) atoms. The zero-order valence-corrected chi connectivity index (χ0v) is 18.8. The molecule has 3 fully saturated rings. The van der Waals surface area contributed by atoms with Crippen LogP contribution in [0.25, 0.3) is 0 Å². The fourth-order valence-electron chi connectivity index (χ4n) is 4.26. The van der Waals surface area contributed by atoms with Crippen LogP contribution < -0.4 is 4.90 Å². The van der Waals surface area contributed by atoms with Gasteiger partial charge in [-0.3, -0.25) is 9.59 Å². The molecule has 0 spiro atoms. The van der Waals surface area contributed by atoms with Gasteiger partial charge in [0.2, 0.25) is 11.8 Å². The second kappa shape index (κ2) is 8.76. The van der Waals surface area contributed by atoms with Gasteiger partial charge in [-0.25, -0.2) is 0 Å². The number of thioether (sulfide) groups is 1. The summed E-state index contributed by atoms with van der Waals surface area (Å²) in [4.78, 5) is 32.5. The molecule has 2 unspecified atom stereocenters. The summed E-state index contributed by atoms with van der Waals surface area (Å²) in [6, 6.07) is 7.55. The van der Waals surface area contributed by atoms with E-state index in [4.69, 9.17) is 11.6 Å². The zero-order valence-electron chi connectivity index (χ0n) is 17.2. The van der Waals surface area contributed by atoms with Gasteiger partial charge < -0.3 is 14.7 Å². The summed E-state index contributed by atoms with van der Waals surface area (Å²) in [5, 5.41) is 0.888. The molecular formula is C22H30ClN3O2S. The second-order valence-electron chi connectivity index (χ2n) is 8.72. The highest BCUT2D eigenvalue weighted by molar-refractivity contribution is 8.00. The highest BCUT2D eigenvalue weighted by Crippen LogP contribution is 2.40. The summed E-state index contributed by atoms with van der Waals surface area (Å²) < 4.78 is 0. The summed E-state index contributed by atoms with van der Waals surface area (Å²) in [6.45, 7) is 7.24. The lowest BCUT2D eigenvalue weighted by Crippen LogP contribution is -2.56. The Bertz CT molecular complexity index is 762. The largest absolute Gasteiger partial charge is 0.367 e. The van der Waals surface area contributed by atoms with Crippen molar-refractivity contribution < 1.29 is 9.59 Å². The van der Waals surface area contributed by atoms with Crippen molar-refractivity contribution in [3.8, 4) is 0 Å². The summed E-state index contributed by atoms with van der Waals surface area (Å²) in [7, 11) is 0. The molecule has 1 saturated carbocycles. The maximum absolute atomic E-state index is 13.4. The standard InChI is InChI=1S/C22H30ClN3O2S/c1-15(2)13-20-26(21(27)16-7-8-16)19(14-29-20)22(28)25-11-9-24(10-12-25)18-6-4-3-5-17(18)23/h3-6,15-16,19-20H,7-14H2,1-2H3. The maximum Gasteiger partial charge on any atom is 0.246 e. The third kappa shape index (κ3) is 4.53. The van der Waals surface area contributed by atoms with Gasteiger partial charge in [0, 0.05) is 37.8 Å². The highest BCUT2D eigenvalue weighted by atomic mass is 35.5.